The number of para-hydroxylation sites is 1. The summed E-state index contributed by atoms with van der Waals surface area (Å²) in [4.78, 5) is 27.4. The number of thiophene rings is 1. The molecule has 4 rings (SSSR count). The van der Waals surface area contributed by atoms with E-state index in [1.54, 1.807) is 30.3 Å². The molecule has 0 fully saturated rings. The third-order valence-corrected chi connectivity index (χ3v) is 5.70. The van der Waals surface area contributed by atoms with E-state index in [0.29, 0.717) is 28.8 Å². The van der Waals surface area contributed by atoms with E-state index in [1.807, 2.05) is 23.6 Å². The summed E-state index contributed by atoms with van der Waals surface area (Å²) in [5, 5.41) is 7.66. The number of hydrogen-bond acceptors (Lipinski definition) is 4. The molecule has 1 aliphatic heterocycles. The highest BCUT2D eigenvalue weighted by molar-refractivity contribution is 7.12. The highest BCUT2D eigenvalue weighted by Gasteiger charge is 2.26. The minimum Gasteiger partial charge on any atom is -0.359 e. The van der Waals surface area contributed by atoms with Crippen LogP contribution in [0.4, 0.5) is 17.1 Å². The number of benzene rings is 2. The molecule has 3 aromatic rings. The highest BCUT2D eigenvalue weighted by atomic mass is 32.1. The SMILES string of the molecule is CC1Cc2ccccc2N1CC(=O)Nc1ccc(NC(=O)c2cccs2)cc1. The number of carbonyl (C=O) groups is 2. The summed E-state index contributed by atoms with van der Waals surface area (Å²) in [6.45, 7) is 2.45. The zero-order valence-electron chi connectivity index (χ0n) is 15.5. The molecule has 0 saturated heterocycles. The minimum absolute atomic E-state index is 0.0566. The Bertz CT molecular complexity index is 983. The van der Waals surface area contributed by atoms with Gasteiger partial charge in [-0.1, -0.05) is 24.3 Å². The first kappa shape index (κ1) is 18.3. The Morgan fingerprint density at radius 3 is 2.43 bits per heavy atom. The molecule has 1 unspecified atom stereocenters. The van der Waals surface area contributed by atoms with Crippen LogP contribution in [0.15, 0.2) is 66.0 Å². The Morgan fingerprint density at radius 1 is 1.00 bits per heavy atom. The maximum atomic E-state index is 12.5. The molecule has 0 saturated carbocycles. The van der Waals surface area contributed by atoms with Gasteiger partial charge in [0.2, 0.25) is 5.91 Å². The molecule has 0 aliphatic carbocycles. The van der Waals surface area contributed by atoms with Crippen LogP contribution in [0.1, 0.15) is 22.2 Å². The normalized spacial score (nSPS) is 15.2. The predicted octanol–water partition coefficient (Wildman–Crippen LogP) is 4.39. The van der Waals surface area contributed by atoms with Crippen LogP contribution in [0.2, 0.25) is 0 Å². The average molecular weight is 391 g/mol. The molecule has 0 bridgehead atoms. The van der Waals surface area contributed by atoms with Crippen LogP contribution in [-0.2, 0) is 11.2 Å². The largest absolute Gasteiger partial charge is 0.359 e. The van der Waals surface area contributed by atoms with Crippen molar-refractivity contribution < 1.29 is 9.59 Å². The van der Waals surface area contributed by atoms with E-state index in [0.717, 1.165) is 12.1 Å². The molecule has 142 valence electrons. The van der Waals surface area contributed by atoms with Gasteiger partial charge < -0.3 is 15.5 Å². The van der Waals surface area contributed by atoms with Gasteiger partial charge in [-0.15, -0.1) is 11.3 Å². The second-order valence-corrected chi connectivity index (χ2v) is 7.81. The monoisotopic (exact) mass is 391 g/mol. The van der Waals surface area contributed by atoms with Crippen LogP contribution in [0.25, 0.3) is 0 Å². The lowest BCUT2D eigenvalue weighted by Crippen LogP contribution is -2.37. The first-order valence-electron chi connectivity index (χ1n) is 9.19. The summed E-state index contributed by atoms with van der Waals surface area (Å²) < 4.78 is 0. The van der Waals surface area contributed by atoms with E-state index >= 15 is 0 Å². The number of amides is 2. The van der Waals surface area contributed by atoms with Gasteiger partial charge in [-0.05, 0) is 60.7 Å². The van der Waals surface area contributed by atoms with E-state index in [9.17, 15) is 9.59 Å². The zero-order chi connectivity index (χ0) is 19.5. The molecule has 28 heavy (non-hydrogen) atoms. The number of anilines is 3. The van der Waals surface area contributed by atoms with E-state index in [-0.39, 0.29) is 11.8 Å². The molecule has 0 spiro atoms. The number of carbonyl (C=O) groups excluding carboxylic acids is 2. The van der Waals surface area contributed by atoms with E-state index in [4.69, 9.17) is 0 Å². The van der Waals surface area contributed by atoms with Crippen molar-refractivity contribution in [3.8, 4) is 0 Å². The van der Waals surface area contributed by atoms with Crippen molar-refractivity contribution in [3.63, 3.8) is 0 Å². The Balaban J connectivity index is 1.35. The van der Waals surface area contributed by atoms with E-state index < -0.39 is 0 Å². The molecule has 2 amide bonds. The Kier molecular flexibility index (Phi) is 5.12. The third-order valence-electron chi connectivity index (χ3n) is 4.83. The Hall–Kier alpha value is -3.12. The number of nitrogens with zero attached hydrogens (tertiary/aromatic N) is 1. The molecular weight excluding hydrogens is 370 g/mol. The van der Waals surface area contributed by atoms with E-state index in [2.05, 4.69) is 34.6 Å². The van der Waals surface area contributed by atoms with Gasteiger partial charge in [0, 0.05) is 23.1 Å². The number of rotatable bonds is 5. The lowest BCUT2D eigenvalue weighted by Gasteiger charge is -2.24. The Labute approximate surface area is 168 Å². The highest BCUT2D eigenvalue weighted by Crippen LogP contribution is 2.31. The fourth-order valence-corrected chi connectivity index (χ4v) is 4.08. The van der Waals surface area contributed by atoms with Crippen molar-refractivity contribution in [2.24, 2.45) is 0 Å². The molecular formula is C22H21N3O2S. The van der Waals surface area contributed by atoms with Gasteiger partial charge in [-0.3, -0.25) is 9.59 Å². The molecule has 5 nitrogen and oxygen atoms in total. The van der Waals surface area contributed by atoms with Crippen LogP contribution in [0.5, 0.6) is 0 Å². The second kappa shape index (κ2) is 7.86. The molecule has 2 N–H and O–H groups in total. The molecule has 1 aliphatic rings. The fraction of sp³-hybridized carbons (Fsp3) is 0.182. The molecule has 1 aromatic heterocycles. The summed E-state index contributed by atoms with van der Waals surface area (Å²) in [6, 6.07) is 19.3. The standard InChI is InChI=1S/C22H21N3O2S/c1-15-13-16-5-2-3-6-19(16)25(15)14-21(26)23-17-8-10-18(11-9-17)24-22(27)20-7-4-12-28-20/h2-12,15H,13-14H2,1H3,(H,23,26)(H,24,27). The second-order valence-electron chi connectivity index (χ2n) is 6.87. The first-order valence-corrected chi connectivity index (χ1v) is 10.1. The average Bonchev–Trinajstić information content (AvgIpc) is 3.32. The van der Waals surface area contributed by atoms with Crippen molar-refractivity contribution in [3.05, 3.63) is 76.5 Å². The summed E-state index contributed by atoms with van der Waals surface area (Å²) >= 11 is 1.40. The lowest BCUT2D eigenvalue weighted by molar-refractivity contribution is -0.115. The van der Waals surface area contributed by atoms with Gasteiger partial charge in [0.1, 0.15) is 0 Å². The summed E-state index contributed by atoms with van der Waals surface area (Å²) in [7, 11) is 0. The third kappa shape index (κ3) is 3.92. The van der Waals surface area contributed by atoms with Crippen molar-refractivity contribution >= 4 is 40.2 Å². The molecule has 0 radical (unpaired) electrons. The lowest BCUT2D eigenvalue weighted by atomic mass is 10.1. The van der Waals surface area contributed by atoms with Crippen molar-refractivity contribution in [1.82, 2.24) is 0 Å². The first-order chi connectivity index (χ1) is 13.6. The van der Waals surface area contributed by atoms with Crippen molar-refractivity contribution in [2.75, 3.05) is 22.1 Å². The van der Waals surface area contributed by atoms with Crippen LogP contribution in [0.3, 0.4) is 0 Å². The minimum atomic E-state index is -0.131. The number of hydrogen-bond donors (Lipinski definition) is 2. The van der Waals surface area contributed by atoms with E-state index in [1.165, 1.54) is 16.9 Å². The maximum absolute atomic E-state index is 12.5. The van der Waals surface area contributed by atoms with Gasteiger partial charge in [-0.25, -0.2) is 0 Å². The molecule has 2 heterocycles. The van der Waals surface area contributed by atoms with Crippen molar-refractivity contribution in [2.45, 2.75) is 19.4 Å². The van der Waals surface area contributed by atoms with Crippen LogP contribution >= 0.6 is 11.3 Å². The van der Waals surface area contributed by atoms with Gasteiger partial charge >= 0.3 is 0 Å². The smallest absolute Gasteiger partial charge is 0.265 e. The molecule has 6 heteroatoms. The molecule has 1 atom stereocenters. The van der Waals surface area contributed by atoms with Crippen LogP contribution < -0.4 is 15.5 Å². The quantitative estimate of drug-likeness (QED) is 0.678. The summed E-state index contributed by atoms with van der Waals surface area (Å²) in [6.07, 6.45) is 0.960. The molecule has 2 aromatic carbocycles. The van der Waals surface area contributed by atoms with Crippen LogP contribution in [-0.4, -0.2) is 24.4 Å². The predicted molar refractivity (Wildman–Crippen MR) is 114 cm³/mol. The Morgan fingerprint density at radius 2 is 1.71 bits per heavy atom. The number of nitrogens with one attached hydrogen (secondary N) is 2. The van der Waals surface area contributed by atoms with Gasteiger partial charge in [0.15, 0.2) is 0 Å². The van der Waals surface area contributed by atoms with Gasteiger partial charge in [0.05, 0.1) is 11.4 Å². The summed E-state index contributed by atoms with van der Waals surface area (Å²) in [5.74, 6) is -0.188. The van der Waals surface area contributed by atoms with Gasteiger partial charge in [0.25, 0.3) is 5.91 Å². The fourth-order valence-electron chi connectivity index (χ4n) is 3.46. The topological polar surface area (TPSA) is 61.4 Å². The van der Waals surface area contributed by atoms with Gasteiger partial charge in [-0.2, -0.15) is 0 Å². The van der Waals surface area contributed by atoms with Crippen LogP contribution in [0, 0.1) is 0 Å². The summed E-state index contributed by atoms with van der Waals surface area (Å²) in [5.41, 5.74) is 3.82. The van der Waals surface area contributed by atoms with Crippen molar-refractivity contribution in [1.29, 1.82) is 0 Å². The maximum Gasteiger partial charge on any atom is 0.265 e. The zero-order valence-corrected chi connectivity index (χ0v) is 16.3. The number of fused-ring (bicyclic) bond motifs is 1.